The molecule has 0 atom stereocenters. The second kappa shape index (κ2) is 7.71. The molecule has 1 N–H and O–H groups in total. The molecule has 0 saturated heterocycles. The fourth-order valence-corrected chi connectivity index (χ4v) is 2.20. The first-order valence-corrected chi connectivity index (χ1v) is 7.37. The van der Waals surface area contributed by atoms with Gasteiger partial charge in [0.25, 0.3) is 0 Å². The summed E-state index contributed by atoms with van der Waals surface area (Å²) in [6.07, 6.45) is 0.292. The first kappa shape index (κ1) is 15.4. The van der Waals surface area contributed by atoms with Crippen LogP contribution < -0.4 is 10.2 Å². The largest absolute Gasteiger partial charge is 0.377 e. The molecule has 0 fully saturated rings. The molecule has 0 aliphatic rings. The van der Waals surface area contributed by atoms with Gasteiger partial charge in [-0.1, -0.05) is 13.8 Å². The van der Waals surface area contributed by atoms with E-state index in [0.717, 1.165) is 30.5 Å². The van der Waals surface area contributed by atoms with Crippen molar-refractivity contribution in [2.24, 2.45) is 0 Å². The Hall–Kier alpha value is -0.650. The van der Waals surface area contributed by atoms with Crippen LogP contribution in [0.25, 0.3) is 0 Å². The van der Waals surface area contributed by atoms with Crippen molar-refractivity contribution in [2.45, 2.75) is 46.4 Å². The molecule has 0 unspecified atom stereocenters. The summed E-state index contributed by atoms with van der Waals surface area (Å²) >= 11 is 1.69. The number of nitrogens with zero attached hydrogens (tertiary/aromatic N) is 2. The van der Waals surface area contributed by atoms with Gasteiger partial charge in [-0.15, -0.1) is 11.3 Å². The standard InChI is InChI=1S/C13H25N3OS/c1-10(2)14-8-12-9-18-13(15-12)16(5)6-7-17-11(3)4/h9-11,14H,6-8H2,1-5H3. The van der Waals surface area contributed by atoms with E-state index in [1.165, 1.54) is 0 Å². The molecule has 0 saturated carbocycles. The Morgan fingerprint density at radius 3 is 2.72 bits per heavy atom. The van der Waals surface area contributed by atoms with E-state index in [9.17, 15) is 0 Å². The first-order valence-electron chi connectivity index (χ1n) is 6.49. The summed E-state index contributed by atoms with van der Waals surface area (Å²) < 4.78 is 5.54. The number of ether oxygens (including phenoxy) is 1. The smallest absolute Gasteiger partial charge is 0.185 e. The Labute approximate surface area is 114 Å². The molecule has 0 amide bonds. The Morgan fingerprint density at radius 1 is 1.39 bits per heavy atom. The van der Waals surface area contributed by atoms with Gasteiger partial charge >= 0.3 is 0 Å². The van der Waals surface area contributed by atoms with E-state index in [0.29, 0.717) is 12.1 Å². The minimum absolute atomic E-state index is 0.292. The number of thiazole rings is 1. The van der Waals surface area contributed by atoms with E-state index in [4.69, 9.17) is 4.74 Å². The molecule has 0 aliphatic carbocycles. The topological polar surface area (TPSA) is 37.4 Å². The number of hydrogen-bond donors (Lipinski definition) is 1. The minimum Gasteiger partial charge on any atom is -0.377 e. The summed E-state index contributed by atoms with van der Waals surface area (Å²) in [4.78, 5) is 6.75. The van der Waals surface area contributed by atoms with Gasteiger partial charge in [0.05, 0.1) is 18.4 Å². The Morgan fingerprint density at radius 2 is 2.11 bits per heavy atom. The monoisotopic (exact) mass is 271 g/mol. The predicted octanol–water partition coefficient (Wildman–Crippen LogP) is 2.50. The van der Waals surface area contributed by atoms with E-state index >= 15 is 0 Å². The van der Waals surface area contributed by atoms with E-state index in [-0.39, 0.29) is 0 Å². The summed E-state index contributed by atoms with van der Waals surface area (Å²) in [5, 5.41) is 6.55. The Bertz CT molecular complexity index is 339. The second-order valence-electron chi connectivity index (χ2n) is 5.00. The van der Waals surface area contributed by atoms with Crippen molar-refractivity contribution >= 4 is 16.5 Å². The van der Waals surface area contributed by atoms with Crippen molar-refractivity contribution in [3.8, 4) is 0 Å². The van der Waals surface area contributed by atoms with Gasteiger partial charge in [-0.05, 0) is 13.8 Å². The predicted molar refractivity (Wildman–Crippen MR) is 78.4 cm³/mol. The highest BCUT2D eigenvalue weighted by Crippen LogP contribution is 2.19. The highest BCUT2D eigenvalue weighted by atomic mass is 32.1. The Balaban J connectivity index is 2.36. The normalized spacial score (nSPS) is 11.5. The van der Waals surface area contributed by atoms with Crippen molar-refractivity contribution < 1.29 is 4.74 Å². The molecular formula is C13H25N3OS. The molecule has 0 aliphatic heterocycles. The van der Waals surface area contributed by atoms with Gasteiger partial charge in [0, 0.05) is 31.6 Å². The van der Waals surface area contributed by atoms with Crippen molar-refractivity contribution in [2.75, 3.05) is 25.1 Å². The molecule has 0 spiro atoms. The highest BCUT2D eigenvalue weighted by Gasteiger charge is 2.07. The third kappa shape index (κ3) is 5.80. The molecule has 1 aromatic rings. The molecule has 0 bridgehead atoms. The van der Waals surface area contributed by atoms with Crippen LogP contribution in [0.1, 0.15) is 33.4 Å². The zero-order chi connectivity index (χ0) is 13.5. The molecular weight excluding hydrogens is 246 g/mol. The van der Waals surface area contributed by atoms with E-state index in [2.05, 4.69) is 55.3 Å². The third-order valence-corrected chi connectivity index (χ3v) is 3.44. The lowest BCUT2D eigenvalue weighted by atomic mass is 10.4. The number of hydrogen-bond acceptors (Lipinski definition) is 5. The van der Waals surface area contributed by atoms with Crippen LogP contribution >= 0.6 is 11.3 Å². The molecule has 104 valence electrons. The summed E-state index contributed by atoms with van der Waals surface area (Å²) in [7, 11) is 2.06. The summed E-state index contributed by atoms with van der Waals surface area (Å²) in [5.74, 6) is 0. The van der Waals surface area contributed by atoms with E-state index < -0.39 is 0 Å². The van der Waals surface area contributed by atoms with Gasteiger partial charge in [0.15, 0.2) is 5.13 Å². The molecule has 0 aromatic carbocycles. The van der Waals surface area contributed by atoms with Crippen LogP contribution in [0.5, 0.6) is 0 Å². The van der Waals surface area contributed by atoms with Crippen LogP contribution in [0.2, 0.25) is 0 Å². The number of rotatable bonds is 8. The van der Waals surface area contributed by atoms with Crippen LogP contribution in [0, 0.1) is 0 Å². The highest BCUT2D eigenvalue weighted by molar-refractivity contribution is 7.13. The lowest BCUT2D eigenvalue weighted by Crippen LogP contribution is -2.24. The van der Waals surface area contributed by atoms with E-state index in [1.807, 2.05) is 0 Å². The molecule has 0 radical (unpaired) electrons. The quantitative estimate of drug-likeness (QED) is 0.788. The number of aromatic nitrogens is 1. The number of nitrogens with one attached hydrogen (secondary N) is 1. The maximum Gasteiger partial charge on any atom is 0.185 e. The van der Waals surface area contributed by atoms with Gasteiger partial charge in [0.2, 0.25) is 0 Å². The van der Waals surface area contributed by atoms with Crippen LogP contribution in [-0.4, -0.2) is 37.3 Å². The second-order valence-corrected chi connectivity index (χ2v) is 5.83. The average molecular weight is 271 g/mol. The van der Waals surface area contributed by atoms with Crippen LogP contribution in [-0.2, 0) is 11.3 Å². The zero-order valence-electron chi connectivity index (χ0n) is 12.1. The fourth-order valence-electron chi connectivity index (χ4n) is 1.38. The molecule has 1 aromatic heterocycles. The fraction of sp³-hybridized carbons (Fsp3) is 0.769. The first-order chi connectivity index (χ1) is 8.49. The summed E-state index contributed by atoms with van der Waals surface area (Å²) in [6.45, 7) is 10.9. The maximum atomic E-state index is 5.54. The van der Waals surface area contributed by atoms with Crippen molar-refractivity contribution in [1.82, 2.24) is 10.3 Å². The van der Waals surface area contributed by atoms with Gasteiger partial charge in [-0.25, -0.2) is 4.98 Å². The maximum absolute atomic E-state index is 5.54. The zero-order valence-corrected chi connectivity index (χ0v) is 12.9. The van der Waals surface area contributed by atoms with Crippen LogP contribution in [0.4, 0.5) is 5.13 Å². The molecule has 1 heterocycles. The van der Waals surface area contributed by atoms with Crippen LogP contribution in [0.3, 0.4) is 0 Å². The molecule has 1 rings (SSSR count). The molecule has 5 heteroatoms. The number of anilines is 1. The number of likely N-dealkylation sites (N-methyl/N-ethyl adjacent to an activating group) is 1. The Kier molecular flexibility index (Phi) is 6.60. The average Bonchev–Trinajstić information content (AvgIpc) is 2.74. The minimum atomic E-state index is 0.292. The lowest BCUT2D eigenvalue weighted by Gasteiger charge is -2.16. The van der Waals surface area contributed by atoms with Gasteiger partial charge in [0.1, 0.15) is 0 Å². The van der Waals surface area contributed by atoms with Crippen molar-refractivity contribution in [1.29, 1.82) is 0 Å². The van der Waals surface area contributed by atoms with Gasteiger partial charge < -0.3 is 15.0 Å². The third-order valence-electron chi connectivity index (χ3n) is 2.44. The van der Waals surface area contributed by atoms with Crippen LogP contribution in [0.15, 0.2) is 5.38 Å². The van der Waals surface area contributed by atoms with Gasteiger partial charge in [-0.3, -0.25) is 0 Å². The van der Waals surface area contributed by atoms with Crippen molar-refractivity contribution in [3.05, 3.63) is 11.1 Å². The van der Waals surface area contributed by atoms with Crippen molar-refractivity contribution in [3.63, 3.8) is 0 Å². The summed E-state index contributed by atoms with van der Waals surface area (Å²) in [5.41, 5.74) is 1.11. The molecule has 4 nitrogen and oxygen atoms in total. The summed E-state index contributed by atoms with van der Waals surface area (Å²) in [6, 6.07) is 0.493. The van der Waals surface area contributed by atoms with E-state index in [1.54, 1.807) is 11.3 Å². The SMILES string of the molecule is CC(C)NCc1csc(N(C)CCOC(C)C)n1. The lowest BCUT2D eigenvalue weighted by molar-refractivity contribution is 0.0846. The van der Waals surface area contributed by atoms with Gasteiger partial charge in [-0.2, -0.15) is 0 Å². The molecule has 18 heavy (non-hydrogen) atoms.